The highest BCUT2D eigenvalue weighted by atomic mass is 79.9. The number of Topliss-reactive ketones (excluding diaryl/α,β-unsaturated/α-hetero) is 1. The Morgan fingerprint density at radius 1 is 1.28 bits per heavy atom. The predicted octanol–water partition coefficient (Wildman–Crippen LogP) is 4.19. The summed E-state index contributed by atoms with van der Waals surface area (Å²) < 4.78 is 53.3. The van der Waals surface area contributed by atoms with Gasteiger partial charge in [0.2, 0.25) is 0 Å². The van der Waals surface area contributed by atoms with Crippen molar-refractivity contribution in [3.8, 4) is 5.75 Å². The number of carbonyl (C=O) groups is 1. The Morgan fingerprint density at radius 3 is 2.44 bits per heavy atom. The minimum Gasteiger partial charge on any atom is -0.434 e. The lowest BCUT2D eigenvalue weighted by molar-refractivity contribution is -0.0501. The van der Waals surface area contributed by atoms with E-state index in [1.165, 1.54) is 0 Å². The van der Waals surface area contributed by atoms with Gasteiger partial charge in [0.15, 0.2) is 5.78 Å². The van der Waals surface area contributed by atoms with Gasteiger partial charge in [-0.15, -0.1) is 0 Å². The van der Waals surface area contributed by atoms with E-state index in [4.69, 9.17) is 0 Å². The molecule has 1 rings (SSSR count). The molecule has 18 heavy (non-hydrogen) atoms. The average Bonchev–Trinajstić information content (AvgIpc) is 2.28. The first-order valence-electron chi connectivity index (χ1n) is 4.91. The second-order valence-corrected chi connectivity index (χ2v) is 4.09. The molecule has 0 fully saturated rings. The maximum Gasteiger partial charge on any atom is 0.387 e. The second kappa shape index (κ2) is 6.72. The zero-order valence-corrected chi connectivity index (χ0v) is 10.6. The fourth-order valence-electron chi connectivity index (χ4n) is 1.32. The maximum absolute atomic E-state index is 12.5. The summed E-state index contributed by atoms with van der Waals surface area (Å²) in [7, 11) is 0. The molecule has 1 aromatic rings. The standard InChI is InChI=1S/C11H9BrF4O2/c12-4-3-8(17)7-5-6(10(13)14)1-2-9(7)18-11(15)16/h1-2,5,10-11H,3-4H2. The van der Waals surface area contributed by atoms with Gasteiger partial charge in [0, 0.05) is 17.3 Å². The van der Waals surface area contributed by atoms with Gasteiger partial charge in [0.05, 0.1) is 5.56 Å². The molecule has 0 aliphatic heterocycles. The summed E-state index contributed by atoms with van der Waals surface area (Å²) in [5.41, 5.74) is -0.665. The quantitative estimate of drug-likeness (QED) is 0.444. The van der Waals surface area contributed by atoms with Crippen molar-refractivity contribution in [1.29, 1.82) is 0 Å². The molecule has 2 nitrogen and oxygen atoms in total. The Bertz CT molecular complexity index is 424. The van der Waals surface area contributed by atoms with E-state index >= 15 is 0 Å². The van der Waals surface area contributed by atoms with Gasteiger partial charge >= 0.3 is 6.61 Å². The molecule has 0 radical (unpaired) electrons. The van der Waals surface area contributed by atoms with Crippen molar-refractivity contribution in [3.63, 3.8) is 0 Å². The molecule has 0 spiro atoms. The summed E-state index contributed by atoms with van der Waals surface area (Å²) in [6.45, 7) is -3.11. The molecule has 0 amide bonds. The van der Waals surface area contributed by atoms with Crippen LogP contribution in [0.2, 0.25) is 0 Å². The lowest BCUT2D eigenvalue weighted by Crippen LogP contribution is -2.09. The molecular weight excluding hydrogens is 320 g/mol. The van der Waals surface area contributed by atoms with E-state index in [1.807, 2.05) is 0 Å². The van der Waals surface area contributed by atoms with Crippen LogP contribution < -0.4 is 4.74 Å². The highest BCUT2D eigenvalue weighted by Crippen LogP contribution is 2.28. The number of halogens is 5. The molecule has 0 bridgehead atoms. The van der Waals surface area contributed by atoms with Crippen LogP contribution in [-0.4, -0.2) is 17.7 Å². The minimum atomic E-state index is -3.11. The number of carbonyl (C=O) groups excluding carboxylic acids is 1. The lowest BCUT2D eigenvalue weighted by atomic mass is 10.0. The Balaban J connectivity index is 3.13. The first-order chi connectivity index (χ1) is 8.45. The zero-order chi connectivity index (χ0) is 13.7. The Hall–Kier alpha value is -1.11. The second-order valence-electron chi connectivity index (χ2n) is 3.30. The number of ketones is 1. The van der Waals surface area contributed by atoms with Crippen LogP contribution in [0.4, 0.5) is 17.6 Å². The molecule has 0 aliphatic carbocycles. The normalized spacial score (nSPS) is 11.1. The van der Waals surface area contributed by atoms with Crippen LogP contribution in [0.1, 0.15) is 28.8 Å². The van der Waals surface area contributed by atoms with E-state index in [0.717, 1.165) is 18.2 Å². The van der Waals surface area contributed by atoms with Crippen molar-refractivity contribution in [3.05, 3.63) is 29.3 Å². The summed E-state index contributed by atoms with van der Waals surface area (Å²) in [5.74, 6) is -0.926. The molecule has 0 aromatic heterocycles. The summed E-state index contributed by atoms with van der Waals surface area (Å²) in [6.07, 6.45) is -2.77. The van der Waals surface area contributed by atoms with Crippen molar-refractivity contribution >= 4 is 21.7 Å². The maximum atomic E-state index is 12.5. The van der Waals surface area contributed by atoms with Crippen LogP contribution in [0.5, 0.6) is 5.75 Å². The van der Waals surface area contributed by atoms with Crippen molar-refractivity contribution in [2.24, 2.45) is 0 Å². The van der Waals surface area contributed by atoms with E-state index < -0.39 is 24.4 Å². The van der Waals surface area contributed by atoms with E-state index in [0.29, 0.717) is 5.33 Å². The van der Waals surface area contributed by atoms with E-state index in [1.54, 1.807) is 0 Å². The van der Waals surface area contributed by atoms with Crippen molar-refractivity contribution in [2.75, 3.05) is 5.33 Å². The monoisotopic (exact) mass is 328 g/mol. The average molecular weight is 329 g/mol. The third-order valence-electron chi connectivity index (χ3n) is 2.09. The third kappa shape index (κ3) is 3.97. The number of benzene rings is 1. The van der Waals surface area contributed by atoms with E-state index in [-0.39, 0.29) is 17.7 Å². The molecule has 0 aliphatic rings. The summed E-state index contributed by atoms with van der Waals surface area (Å²) >= 11 is 3.01. The zero-order valence-electron chi connectivity index (χ0n) is 9.01. The van der Waals surface area contributed by atoms with Crippen molar-refractivity contribution in [2.45, 2.75) is 19.5 Å². The van der Waals surface area contributed by atoms with Crippen LogP contribution in [0, 0.1) is 0 Å². The highest BCUT2D eigenvalue weighted by Gasteiger charge is 2.18. The Labute approximate surface area is 109 Å². The van der Waals surface area contributed by atoms with Gasteiger partial charge in [-0.1, -0.05) is 15.9 Å². The van der Waals surface area contributed by atoms with Crippen LogP contribution in [-0.2, 0) is 0 Å². The molecule has 0 saturated carbocycles. The van der Waals surface area contributed by atoms with Gasteiger partial charge in [-0.05, 0) is 18.2 Å². The van der Waals surface area contributed by atoms with Crippen LogP contribution in [0.25, 0.3) is 0 Å². The molecule has 7 heteroatoms. The van der Waals surface area contributed by atoms with E-state index in [2.05, 4.69) is 20.7 Å². The van der Waals surface area contributed by atoms with Crippen LogP contribution in [0.15, 0.2) is 18.2 Å². The van der Waals surface area contributed by atoms with Crippen LogP contribution in [0.3, 0.4) is 0 Å². The van der Waals surface area contributed by atoms with E-state index in [9.17, 15) is 22.4 Å². The number of hydrogen-bond donors (Lipinski definition) is 0. The fraction of sp³-hybridized carbons (Fsp3) is 0.364. The molecule has 0 heterocycles. The van der Waals surface area contributed by atoms with Gasteiger partial charge in [0.1, 0.15) is 5.75 Å². The molecule has 0 N–H and O–H groups in total. The first kappa shape index (κ1) is 14.9. The molecule has 0 unspecified atom stereocenters. The van der Waals surface area contributed by atoms with Gasteiger partial charge < -0.3 is 4.74 Å². The largest absolute Gasteiger partial charge is 0.434 e. The number of hydrogen-bond acceptors (Lipinski definition) is 2. The molecule has 1 aromatic carbocycles. The lowest BCUT2D eigenvalue weighted by Gasteiger charge is -2.11. The van der Waals surface area contributed by atoms with Gasteiger partial charge in [0.25, 0.3) is 6.43 Å². The smallest absolute Gasteiger partial charge is 0.387 e. The molecule has 100 valence electrons. The number of ether oxygens (including phenoxy) is 1. The van der Waals surface area contributed by atoms with Crippen LogP contribution >= 0.6 is 15.9 Å². The summed E-state index contributed by atoms with van der Waals surface area (Å²) in [4.78, 5) is 11.6. The number of alkyl halides is 5. The summed E-state index contributed by atoms with van der Waals surface area (Å²) in [5, 5.41) is 0.304. The van der Waals surface area contributed by atoms with Gasteiger partial charge in [-0.25, -0.2) is 8.78 Å². The van der Waals surface area contributed by atoms with Gasteiger partial charge in [-0.3, -0.25) is 4.79 Å². The molecular formula is C11H9BrF4O2. The topological polar surface area (TPSA) is 26.3 Å². The Kier molecular flexibility index (Phi) is 5.58. The minimum absolute atomic E-state index is 0.00624. The SMILES string of the molecule is O=C(CCBr)c1cc(C(F)F)ccc1OC(F)F. The molecule has 0 saturated heterocycles. The third-order valence-corrected chi connectivity index (χ3v) is 2.49. The fourth-order valence-corrected chi connectivity index (χ4v) is 1.68. The summed E-state index contributed by atoms with van der Waals surface area (Å²) in [6, 6.07) is 2.79. The van der Waals surface area contributed by atoms with Gasteiger partial charge in [-0.2, -0.15) is 8.78 Å². The number of rotatable bonds is 6. The highest BCUT2D eigenvalue weighted by molar-refractivity contribution is 9.09. The molecule has 0 atom stereocenters. The first-order valence-corrected chi connectivity index (χ1v) is 6.04. The predicted molar refractivity (Wildman–Crippen MR) is 60.8 cm³/mol. The Morgan fingerprint density at radius 2 is 1.94 bits per heavy atom. The van der Waals surface area contributed by atoms with Crippen molar-refractivity contribution in [1.82, 2.24) is 0 Å². The van der Waals surface area contributed by atoms with Crippen molar-refractivity contribution < 1.29 is 27.1 Å².